The second kappa shape index (κ2) is 8.96. The Morgan fingerprint density at radius 1 is 1.00 bits per heavy atom. The van der Waals surface area contributed by atoms with E-state index in [0.717, 1.165) is 0 Å². The molecule has 146 valence electrons. The molecule has 0 aliphatic carbocycles. The van der Waals surface area contributed by atoms with Crippen LogP contribution in [0.3, 0.4) is 0 Å². The average molecular weight is 385 g/mol. The van der Waals surface area contributed by atoms with Crippen LogP contribution in [0.2, 0.25) is 5.04 Å². The van der Waals surface area contributed by atoms with Gasteiger partial charge in [0.1, 0.15) is 5.78 Å². The van der Waals surface area contributed by atoms with Crippen molar-refractivity contribution in [3.63, 3.8) is 0 Å². The molecule has 0 fully saturated rings. The van der Waals surface area contributed by atoms with Crippen LogP contribution in [0.15, 0.2) is 60.7 Å². The van der Waals surface area contributed by atoms with Crippen molar-refractivity contribution in [2.24, 2.45) is 0 Å². The first-order chi connectivity index (χ1) is 12.7. The number of carbonyl (C=O) groups excluding carboxylic acids is 1. The smallest absolute Gasteiger partial charge is 0.261 e. The molecule has 0 aliphatic heterocycles. The lowest BCUT2D eigenvalue weighted by Gasteiger charge is -2.45. The minimum atomic E-state index is -2.62. The molecule has 2 aromatic carbocycles. The van der Waals surface area contributed by atoms with Crippen molar-refractivity contribution in [3.05, 3.63) is 60.7 Å². The van der Waals surface area contributed by atoms with Gasteiger partial charge in [0.15, 0.2) is 0 Å². The Labute approximate surface area is 164 Å². The maximum atomic E-state index is 11.3. The van der Waals surface area contributed by atoms with Gasteiger partial charge in [-0.3, -0.25) is 4.79 Å². The van der Waals surface area contributed by atoms with Gasteiger partial charge in [-0.1, -0.05) is 81.4 Å². The van der Waals surface area contributed by atoms with Gasteiger partial charge in [-0.2, -0.15) is 0 Å². The first-order valence-electron chi connectivity index (χ1n) is 9.63. The van der Waals surface area contributed by atoms with E-state index in [2.05, 4.69) is 69.3 Å². The summed E-state index contributed by atoms with van der Waals surface area (Å²) in [6.07, 6.45) is -0.209. The zero-order valence-corrected chi connectivity index (χ0v) is 18.1. The Kier molecular flexibility index (Phi) is 7.15. The molecule has 4 heteroatoms. The average Bonchev–Trinajstić information content (AvgIpc) is 2.59. The molecule has 0 radical (unpaired) electrons. The number of aliphatic hydroxyl groups excluding tert-OH is 1. The molecule has 0 aromatic heterocycles. The molecule has 2 atom stereocenters. The number of aliphatic hydroxyl groups is 1. The summed E-state index contributed by atoms with van der Waals surface area (Å²) in [7, 11) is -2.62. The predicted molar refractivity (Wildman–Crippen MR) is 114 cm³/mol. The maximum absolute atomic E-state index is 11.3. The molecule has 0 saturated heterocycles. The number of ketones is 1. The molecule has 0 spiro atoms. The third-order valence-corrected chi connectivity index (χ3v) is 10.1. The van der Waals surface area contributed by atoms with E-state index in [-0.39, 0.29) is 23.3 Å². The molecule has 2 aromatic rings. The molecule has 0 saturated carbocycles. The largest absolute Gasteiger partial charge is 0.405 e. The van der Waals surface area contributed by atoms with Gasteiger partial charge in [-0.15, -0.1) is 0 Å². The molecular weight excluding hydrogens is 352 g/mol. The van der Waals surface area contributed by atoms with Crippen LogP contribution in [0.25, 0.3) is 0 Å². The Bertz CT molecular complexity index is 683. The summed E-state index contributed by atoms with van der Waals surface area (Å²) in [6, 6.07) is 20.9. The highest BCUT2D eigenvalue weighted by atomic mass is 28.4. The van der Waals surface area contributed by atoms with Gasteiger partial charge in [0.05, 0.1) is 6.10 Å². The highest BCUT2D eigenvalue weighted by Crippen LogP contribution is 2.37. The standard InChI is InChI=1S/C23H32O3Si/c1-18(24)16-20(25)17-19(2)26-27(23(3,4)5,21-12-8-6-9-13-21)22-14-10-7-11-15-22/h6-15,19-20,25H,16-17H2,1-5H3/t19-,20?/m1/s1. The van der Waals surface area contributed by atoms with Crippen LogP contribution < -0.4 is 10.4 Å². The summed E-state index contributed by atoms with van der Waals surface area (Å²) < 4.78 is 6.89. The number of benzene rings is 2. The number of carbonyl (C=O) groups is 1. The summed E-state index contributed by atoms with van der Waals surface area (Å²) >= 11 is 0. The van der Waals surface area contributed by atoms with Gasteiger partial charge < -0.3 is 9.53 Å². The minimum absolute atomic E-state index is 0.000137. The van der Waals surface area contributed by atoms with E-state index in [9.17, 15) is 9.90 Å². The Hall–Kier alpha value is -1.75. The topological polar surface area (TPSA) is 46.5 Å². The molecule has 3 nitrogen and oxygen atoms in total. The van der Waals surface area contributed by atoms with E-state index >= 15 is 0 Å². The van der Waals surface area contributed by atoms with Crippen molar-refractivity contribution < 1.29 is 14.3 Å². The fourth-order valence-corrected chi connectivity index (χ4v) is 8.55. The van der Waals surface area contributed by atoms with Crippen molar-refractivity contribution in [2.75, 3.05) is 0 Å². The lowest BCUT2D eigenvalue weighted by molar-refractivity contribution is -0.119. The van der Waals surface area contributed by atoms with Crippen molar-refractivity contribution in [1.82, 2.24) is 0 Å². The molecule has 0 aliphatic rings. The van der Waals surface area contributed by atoms with Crippen LogP contribution in [0, 0.1) is 0 Å². The van der Waals surface area contributed by atoms with E-state index in [1.165, 1.54) is 17.3 Å². The summed E-state index contributed by atoms with van der Waals surface area (Å²) in [5.41, 5.74) is 0. The van der Waals surface area contributed by atoms with Crippen LogP contribution in [-0.4, -0.2) is 31.4 Å². The van der Waals surface area contributed by atoms with Crippen LogP contribution in [0.1, 0.15) is 47.5 Å². The predicted octanol–water partition coefficient (Wildman–Crippen LogP) is 3.68. The molecular formula is C23H32O3Si. The highest BCUT2D eigenvalue weighted by Gasteiger charge is 2.51. The number of rotatable bonds is 8. The SMILES string of the molecule is CC(=O)CC(O)C[C@@H](C)O[Si](c1ccccc1)(c1ccccc1)C(C)(C)C. The van der Waals surface area contributed by atoms with Gasteiger partial charge in [-0.05, 0) is 35.7 Å². The first-order valence-corrected chi connectivity index (χ1v) is 11.5. The van der Waals surface area contributed by atoms with Gasteiger partial charge in [0.2, 0.25) is 0 Å². The molecule has 27 heavy (non-hydrogen) atoms. The van der Waals surface area contributed by atoms with Crippen molar-refractivity contribution >= 4 is 24.5 Å². The zero-order valence-electron chi connectivity index (χ0n) is 17.1. The lowest BCUT2D eigenvalue weighted by atomic mass is 10.1. The van der Waals surface area contributed by atoms with Gasteiger partial charge in [0.25, 0.3) is 8.32 Å². The lowest BCUT2D eigenvalue weighted by Crippen LogP contribution is -2.67. The summed E-state index contributed by atoms with van der Waals surface area (Å²) in [4.78, 5) is 11.3. The second-order valence-corrected chi connectivity index (χ2v) is 12.6. The van der Waals surface area contributed by atoms with Crippen molar-refractivity contribution in [1.29, 1.82) is 0 Å². The fourth-order valence-electron chi connectivity index (χ4n) is 3.84. The van der Waals surface area contributed by atoms with Crippen LogP contribution in [0.5, 0.6) is 0 Å². The Morgan fingerprint density at radius 3 is 1.81 bits per heavy atom. The van der Waals surface area contributed by atoms with E-state index < -0.39 is 14.4 Å². The normalized spacial score (nSPS) is 14.6. The maximum Gasteiger partial charge on any atom is 0.261 e. The summed E-state index contributed by atoms with van der Waals surface area (Å²) in [6.45, 7) is 10.2. The number of Topliss-reactive ketones (excluding diaryl/α,β-unsaturated/α-hetero) is 1. The van der Waals surface area contributed by atoms with E-state index in [1.54, 1.807) is 0 Å². The second-order valence-electron chi connectivity index (χ2n) is 8.39. The minimum Gasteiger partial charge on any atom is -0.405 e. The van der Waals surface area contributed by atoms with E-state index in [0.29, 0.717) is 6.42 Å². The Morgan fingerprint density at radius 2 is 1.44 bits per heavy atom. The first kappa shape index (κ1) is 21.5. The zero-order chi connectivity index (χ0) is 20.1. The van der Waals surface area contributed by atoms with Gasteiger partial charge >= 0.3 is 0 Å². The van der Waals surface area contributed by atoms with Crippen LogP contribution >= 0.6 is 0 Å². The quantitative estimate of drug-likeness (QED) is 0.706. The molecule has 1 N–H and O–H groups in total. The summed E-state index contributed by atoms with van der Waals surface area (Å²) in [5.74, 6) is 0.000137. The van der Waals surface area contributed by atoms with E-state index in [4.69, 9.17) is 4.43 Å². The molecule has 0 amide bonds. The monoisotopic (exact) mass is 384 g/mol. The van der Waals surface area contributed by atoms with Crippen molar-refractivity contribution in [2.45, 2.75) is 64.7 Å². The molecule has 1 unspecified atom stereocenters. The van der Waals surface area contributed by atoms with Crippen LogP contribution in [-0.2, 0) is 9.22 Å². The number of hydrogen-bond donors (Lipinski definition) is 1. The van der Waals surface area contributed by atoms with Gasteiger partial charge in [-0.25, -0.2) is 0 Å². The summed E-state index contributed by atoms with van der Waals surface area (Å²) in [5, 5.41) is 12.6. The Balaban J connectivity index is 2.48. The highest BCUT2D eigenvalue weighted by molar-refractivity contribution is 6.99. The third-order valence-electron chi connectivity index (χ3n) is 4.92. The van der Waals surface area contributed by atoms with Crippen LogP contribution in [0.4, 0.5) is 0 Å². The molecule has 2 rings (SSSR count). The van der Waals surface area contributed by atoms with Crippen molar-refractivity contribution in [3.8, 4) is 0 Å². The van der Waals surface area contributed by atoms with Gasteiger partial charge in [0, 0.05) is 12.5 Å². The fraction of sp³-hybridized carbons (Fsp3) is 0.435. The van der Waals surface area contributed by atoms with E-state index in [1.807, 2.05) is 19.1 Å². The molecule has 0 bridgehead atoms. The molecule has 0 heterocycles. The third kappa shape index (κ3) is 5.16. The number of hydrogen-bond acceptors (Lipinski definition) is 3.